The second-order valence-corrected chi connectivity index (χ2v) is 4.19. The number of carbonyl (C=O) groups excluding carboxylic acids is 2. The standard InChI is InChI=1S/C10H14NO2/c1-10(2)5-8(12)7(3-4-11)9(13)6-10/h3,11H,4-6H2,1-2H3. The molecule has 1 aliphatic carbocycles. The lowest BCUT2D eigenvalue weighted by atomic mass is 9.74. The van der Waals surface area contributed by atoms with Gasteiger partial charge in [-0.1, -0.05) is 19.9 Å². The van der Waals surface area contributed by atoms with Gasteiger partial charge in [-0.25, -0.2) is 0 Å². The second-order valence-electron chi connectivity index (χ2n) is 4.19. The third-order valence-corrected chi connectivity index (χ3v) is 2.19. The third kappa shape index (κ3) is 2.25. The third-order valence-electron chi connectivity index (χ3n) is 2.19. The van der Waals surface area contributed by atoms with E-state index in [4.69, 9.17) is 5.73 Å². The van der Waals surface area contributed by atoms with Crippen LogP contribution in [0.25, 0.3) is 0 Å². The zero-order valence-corrected chi connectivity index (χ0v) is 8.02. The molecule has 13 heavy (non-hydrogen) atoms. The second kappa shape index (κ2) is 3.42. The summed E-state index contributed by atoms with van der Waals surface area (Å²) in [6.07, 6.45) is 2.26. The normalized spacial score (nSPS) is 21.9. The van der Waals surface area contributed by atoms with Crippen LogP contribution in [0.3, 0.4) is 0 Å². The lowest BCUT2D eigenvalue weighted by Gasteiger charge is -2.28. The molecule has 0 aromatic rings. The molecule has 0 unspecified atom stereocenters. The van der Waals surface area contributed by atoms with Gasteiger partial charge in [0.15, 0.2) is 11.6 Å². The summed E-state index contributed by atoms with van der Waals surface area (Å²) in [5, 5.41) is 0. The topological polar surface area (TPSA) is 57.9 Å². The minimum atomic E-state index is -0.201. The number of hydrogen-bond donors (Lipinski definition) is 0. The number of ketones is 2. The zero-order valence-electron chi connectivity index (χ0n) is 8.02. The number of Topliss-reactive ketones (excluding diaryl/α,β-unsaturated/α-hetero) is 2. The monoisotopic (exact) mass is 180 g/mol. The molecule has 0 spiro atoms. The van der Waals surface area contributed by atoms with Crippen LogP contribution in [0.5, 0.6) is 0 Å². The van der Waals surface area contributed by atoms with E-state index in [1.807, 2.05) is 13.8 Å². The molecule has 1 radical (unpaired) electrons. The van der Waals surface area contributed by atoms with Crippen molar-refractivity contribution in [3.63, 3.8) is 0 Å². The highest BCUT2D eigenvalue weighted by Crippen LogP contribution is 2.33. The lowest BCUT2D eigenvalue weighted by Crippen LogP contribution is -2.31. The Morgan fingerprint density at radius 1 is 1.31 bits per heavy atom. The van der Waals surface area contributed by atoms with Crippen molar-refractivity contribution >= 4 is 11.6 Å². The summed E-state index contributed by atoms with van der Waals surface area (Å²) in [5.74, 6) is -0.206. The highest BCUT2D eigenvalue weighted by atomic mass is 16.1. The van der Waals surface area contributed by atoms with Crippen molar-refractivity contribution in [3.05, 3.63) is 11.6 Å². The fourth-order valence-corrected chi connectivity index (χ4v) is 1.61. The maximum atomic E-state index is 11.4. The summed E-state index contributed by atoms with van der Waals surface area (Å²) >= 11 is 0. The average Bonchev–Trinajstić information content (AvgIpc) is 1.94. The quantitative estimate of drug-likeness (QED) is 0.449. The largest absolute Gasteiger partial charge is 0.294 e. The zero-order chi connectivity index (χ0) is 10.1. The van der Waals surface area contributed by atoms with E-state index in [1.54, 1.807) is 0 Å². The molecule has 0 aliphatic heterocycles. The fourth-order valence-electron chi connectivity index (χ4n) is 1.61. The molecule has 1 saturated carbocycles. The van der Waals surface area contributed by atoms with Crippen LogP contribution in [0, 0.1) is 5.41 Å². The molecule has 0 amide bonds. The van der Waals surface area contributed by atoms with Gasteiger partial charge in [0.25, 0.3) is 0 Å². The number of hydrogen-bond acceptors (Lipinski definition) is 2. The van der Waals surface area contributed by atoms with Crippen molar-refractivity contribution in [3.8, 4) is 0 Å². The molecular weight excluding hydrogens is 166 g/mol. The van der Waals surface area contributed by atoms with E-state index in [-0.39, 0.29) is 29.1 Å². The molecule has 0 aromatic carbocycles. The molecule has 1 fully saturated rings. The van der Waals surface area contributed by atoms with E-state index in [0.717, 1.165) is 0 Å². The van der Waals surface area contributed by atoms with Gasteiger partial charge in [0.2, 0.25) is 0 Å². The van der Waals surface area contributed by atoms with Crippen LogP contribution in [0.2, 0.25) is 0 Å². The van der Waals surface area contributed by atoms with Gasteiger partial charge in [0.1, 0.15) is 0 Å². The first-order valence-corrected chi connectivity index (χ1v) is 4.37. The van der Waals surface area contributed by atoms with E-state index in [2.05, 4.69) is 0 Å². The van der Waals surface area contributed by atoms with Crippen LogP contribution in [0.15, 0.2) is 11.6 Å². The van der Waals surface area contributed by atoms with Crippen LogP contribution in [-0.4, -0.2) is 18.1 Å². The Morgan fingerprint density at radius 3 is 2.15 bits per heavy atom. The van der Waals surface area contributed by atoms with Crippen molar-refractivity contribution in [1.29, 1.82) is 0 Å². The highest BCUT2D eigenvalue weighted by Gasteiger charge is 2.34. The van der Waals surface area contributed by atoms with Gasteiger partial charge in [-0.2, -0.15) is 0 Å². The minimum absolute atomic E-state index is 0.00718. The van der Waals surface area contributed by atoms with Gasteiger partial charge in [-0.05, 0) is 5.41 Å². The molecule has 3 heteroatoms. The molecule has 1 aliphatic rings. The molecule has 0 bridgehead atoms. The molecule has 0 aromatic heterocycles. The average molecular weight is 180 g/mol. The number of rotatable bonds is 1. The molecule has 0 saturated heterocycles. The van der Waals surface area contributed by atoms with Crippen molar-refractivity contribution in [2.24, 2.45) is 5.41 Å². The maximum Gasteiger partial charge on any atom is 0.166 e. The Hall–Kier alpha value is -0.960. The van der Waals surface area contributed by atoms with Crippen molar-refractivity contribution < 1.29 is 9.59 Å². The van der Waals surface area contributed by atoms with Gasteiger partial charge in [0, 0.05) is 19.4 Å². The summed E-state index contributed by atoms with van der Waals surface area (Å²) in [4.78, 5) is 22.9. The molecule has 1 N–H and O–H groups in total. The van der Waals surface area contributed by atoms with E-state index >= 15 is 0 Å². The van der Waals surface area contributed by atoms with Crippen LogP contribution in [0.4, 0.5) is 0 Å². The molecule has 0 heterocycles. The SMILES string of the molecule is CC1(C)CC(=O)C(=CC[NH])C(=O)C1. The van der Waals surface area contributed by atoms with E-state index < -0.39 is 0 Å². The highest BCUT2D eigenvalue weighted by molar-refractivity contribution is 6.22. The van der Waals surface area contributed by atoms with Gasteiger partial charge in [0.05, 0.1) is 5.57 Å². The first-order valence-electron chi connectivity index (χ1n) is 4.37. The van der Waals surface area contributed by atoms with Crippen LogP contribution in [0.1, 0.15) is 26.7 Å². The fraction of sp³-hybridized carbons (Fsp3) is 0.600. The molecular formula is C10H14NO2. The molecule has 71 valence electrons. The molecule has 0 atom stereocenters. The number of allylic oxidation sites excluding steroid dienone is 1. The van der Waals surface area contributed by atoms with Crippen LogP contribution < -0.4 is 5.73 Å². The smallest absolute Gasteiger partial charge is 0.166 e. The Labute approximate surface area is 78.0 Å². The molecule has 1 rings (SSSR count). The summed E-state index contributed by atoms with van der Waals surface area (Å²) in [5.41, 5.74) is 6.98. The van der Waals surface area contributed by atoms with Gasteiger partial charge < -0.3 is 0 Å². The van der Waals surface area contributed by atoms with Gasteiger partial charge >= 0.3 is 0 Å². The van der Waals surface area contributed by atoms with Crippen LogP contribution in [-0.2, 0) is 9.59 Å². The number of nitrogens with one attached hydrogen (secondary N) is 1. The Bertz CT molecular complexity index is 255. The van der Waals surface area contributed by atoms with Crippen LogP contribution >= 0.6 is 0 Å². The summed E-state index contributed by atoms with van der Waals surface area (Å²) in [7, 11) is 0. The Morgan fingerprint density at radius 2 is 1.77 bits per heavy atom. The van der Waals surface area contributed by atoms with E-state index in [0.29, 0.717) is 12.8 Å². The van der Waals surface area contributed by atoms with E-state index in [1.165, 1.54) is 6.08 Å². The first-order chi connectivity index (χ1) is 5.96. The summed E-state index contributed by atoms with van der Waals surface area (Å²) in [6.45, 7) is 3.84. The minimum Gasteiger partial charge on any atom is -0.294 e. The van der Waals surface area contributed by atoms with Crippen molar-refractivity contribution in [2.75, 3.05) is 6.54 Å². The van der Waals surface area contributed by atoms with Crippen molar-refractivity contribution in [1.82, 2.24) is 5.73 Å². The van der Waals surface area contributed by atoms with Gasteiger partial charge in [-0.3, -0.25) is 15.3 Å². The van der Waals surface area contributed by atoms with Gasteiger partial charge in [-0.15, -0.1) is 0 Å². The Balaban J connectivity index is 2.89. The lowest BCUT2D eigenvalue weighted by molar-refractivity contribution is -0.127. The van der Waals surface area contributed by atoms with Crippen molar-refractivity contribution in [2.45, 2.75) is 26.7 Å². The predicted molar refractivity (Wildman–Crippen MR) is 49.1 cm³/mol. The van der Waals surface area contributed by atoms with E-state index in [9.17, 15) is 9.59 Å². The first kappa shape index (κ1) is 10.1. The molecule has 3 nitrogen and oxygen atoms in total. The predicted octanol–water partition coefficient (Wildman–Crippen LogP) is 1.15. The maximum absolute atomic E-state index is 11.4. The number of carbonyl (C=O) groups is 2. The Kier molecular flexibility index (Phi) is 2.66. The summed E-state index contributed by atoms with van der Waals surface area (Å²) < 4.78 is 0. The summed E-state index contributed by atoms with van der Waals surface area (Å²) in [6, 6.07) is 0.